The van der Waals surface area contributed by atoms with E-state index in [1.54, 1.807) is 18.2 Å². The Labute approximate surface area is 99.3 Å². The number of halogens is 1. The van der Waals surface area contributed by atoms with Crippen LogP contribution in [0.25, 0.3) is 0 Å². The summed E-state index contributed by atoms with van der Waals surface area (Å²) in [5.41, 5.74) is 5.78. The average molecular weight is 225 g/mol. The lowest BCUT2D eigenvalue weighted by molar-refractivity contribution is 0.385. The molecule has 1 nitrogen and oxygen atoms in total. The Morgan fingerprint density at radius 2 is 1.88 bits per heavy atom. The van der Waals surface area contributed by atoms with Gasteiger partial charge >= 0.3 is 0 Å². The van der Waals surface area contributed by atoms with Gasteiger partial charge in [-0.2, -0.15) is 0 Å². The molecule has 0 saturated heterocycles. The molecule has 2 N–H and O–H groups in total. The Morgan fingerprint density at radius 1 is 1.25 bits per heavy atom. The zero-order chi connectivity index (χ0) is 11.8. The van der Waals surface area contributed by atoms with E-state index in [4.69, 9.17) is 5.73 Å². The van der Waals surface area contributed by atoms with Crippen molar-refractivity contribution in [2.24, 2.45) is 11.7 Å². The van der Waals surface area contributed by atoms with Crippen LogP contribution in [0.4, 0.5) is 4.39 Å². The molecule has 2 heteroatoms. The standard InChI is InChI=1S/C7H8FN.C7H14.H2/c8-7-4-2-1-3-6(7)5-9;1-7-5-3-2-4-6-7;/h1-4H,5,9H2;7H,2-6H2,1H3;1H. The number of rotatable bonds is 1. The third-order valence-electron chi connectivity index (χ3n) is 3.07. The third kappa shape index (κ3) is 4.75. The SMILES string of the molecule is CC1CCCCC1.NCc1ccccc1F.[HH]. The third-order valence-corrected chi connectivity index (χ3v) is 3.07. The molecule has 0 radical (unpaired) electrons. The lowest BCUT2D eigenvalue weighted by atomic mass is 9.91. The first-order chi connectivity index (χ1) is 7.74. The van der Waals surface area contributed by atoms with Crippen molar-refractivity contribution >= 4 is 0 Å². The van der Waals surface area contributed by atoms with Gasteiger partial charge in [0.05, 0.1) is 0 Å². The van der Waals surface area contributed by atoms with E-state index in [0.29, 0.717) is 5.56 Å². The van der Waals surface area contributed by atoms with Crippen molar-refractivity contribution in [1.82, 2.24) is 0 Å². The molecule has 1 fully saturated rings. The molecule has 0 spiro atoms. The summed E-state index contributed by atoms with van der Waals surface area (Å²) in [7, 11) is 0. The molecule has 0 amide bonds. The molecule has 0 unspecified atom stereocenters. The van der Waals surface area contributed by atoms with Crippen LogP contribution in [0, 0.1) is 11.7 Å². The second-order valence-electron chi connectivity index (χ2n) is 4.54. The van der Waals surface area contributed by atoms with Crippen molar-refractivity contribution in [2.45, 2.75) is 45.6 Å². The van der Waals surface area contributed by atoms with Gasteiger partial charge < -0.3 is 5.73 Å². The first-order valence-corrected chi connectivity index (χ1v) is 6.17. The van der Waals surface area contributed by atoms with Crippen molar-refractivity contribution in [3.63, 3.8) is 0 Å². The van der Waals surface area contributed by atoms with Crippen LogP contribution in [0.1, 0.15) is 46.0 Å². The van der Waals surface area contributed by atoms with Crippen molar-refractivity contribution in [1.29, 1.82) is 0 Å². The monoisotopic (exact) mass is 225 g/mol. The largest absolute Gasteiger partial charge is 0.326 e. The van der Waals surface area contributed by atoms with Gasteiger partial charge in [0.25, 0.3) is 0 Å². The molecule has 1 saturated carbocycles. The van der Waals surface area contributed by atoms with Gasteiger partial charge in [0.2, 0.25) is 0 Å². The highest BCUT2D eigenvalue weighted by Crippen LogP contribution is 2.22. The Kier molecular flexibility index (Phi) is 6.09. The molecule has 0 heterocycles. The normalized spacial score (nSPS) is 16.4. The molecule has 1 aromatic rings. The Morgan fingerprint density at radius 3 is 2.25 bits per heavy atom. The predicted octanol–water partition coefficient (Wildman–Crippen LogP) is 4.12. The van der Waals surface area contributed by atoms with Gasteiger partial charge in [-0.05, 0) is 12.0 Å². The highest BCUT2D eigenvalue weighted by molar-refractivity contribution is 5.16. The molecule has 1 aromatic carbocycles. The maximum atomic E-state index is 12.5. The first-order valence-electron chi connectivity index (χ1n) is 6.17. The molecule has 1 aliphatic rings. The van der Waals surface area contributed by atoms with E-state index in [1.807, 2.05) is 0 Å². The van der Waals surface area contributed by atoms with E-state index in [1.165, 1.54) is 38.2 Å². The molecule has 0 bridgehead atoms. The minimum atomic E-state index is -0.222. The van der Waals surface area contributed by atoms with Crippen molar-refractivity contribution < 1.29 is 5.82 Å². The van der Waals surface area contributed by atoms with Crippen LogP contribution in [0.3, 0.4) is 0 Å². The quantitative estimate of drug-likeness (QED) is 0.764. The second-order valence-corrected chi connectivity index (χ2v) is 4.54. The Hall–Kier alpha value is -0.890. The predicted molar refractivity (Wildman–Crippen MR) is 68.7 cm³/mol. The summed E-state index contributed by atoms with van der Waals surface area (Å²) in [5, 5.41) is 0. The molecule has 0 atom stereocenters. The lowest BCUT2D eigenvalue weighted by Gasteiger charge is -2.15. The lowest BCUT2D eigenvalue weighted by Crippen LogP contribution is -1.99. The zero-order valence-corrected chi connectivity index (χ0v) is 10.1. The fraction of sp³-hybridized carbons (Fsp3) is 0.571. The van der Waals surface area contributed by atoms with Crippen LogP contribution < -0.4 is 5.73 Å². The van der Waals surface area contributed by atoms with Gasteiger partial charge in [-0.25, -0.2) is 4.39 Å². The van der Waals surface area contributed by atoms with E-state index >= 15 is 0 Å². The number of hydrogen-bond donors (Lipinski definition) is 1. The minimum Gasteiger partial charge on any atom is -0.326 e. The summed E-state index contributed by atoms with van der Waals surface area (Å²) in [5.74, 6) is 0.814. The number of nitrogens with two attached hydrogens (primary N) is 1. The molecule has 0 aliphatic heterocycles. The maximum Gasteiger partial charge on any atom is 0.127 e. The summed E-state index contributed by atoms with van der Waals surface area (Å²) in [6.07, 6.45) is 7.44. The van der Waals surface area contributed by atoms with E-state index in [0.717, 1.165) is 5.92 Å². The van der Waals surface area contributed by atoms with Crippen LogP contribution in [0.2, 0.25) is 0 Å². The van der Waals surface area contributed by atoms with E-state index in [-0.39, 0.29) is 13.8 Å². The average Bonchev–Trinajstić information content (AvgIpc) is 2.31. The molecular weight excluding hydrogens is 201 g/mol. The van der Waals surface area contributed by atoms with Crippen molar-refractivity contribution in [2.75, 3.05) is 0 Å². The first kappa shape index (κ1) is 13.2. The van der Waals surface area contributed by atoms with Crippen LogP contribution in [0.5, 0.6) is 0 Å². The van der Waals surface area contributed by atoms with E-state index < -0.39 is 0 Å². The summed E-state index contributed by atoms with van der Waals surface area (Å²) >= 11 is 0. The second kappa shape index (κ2) is 7.39. The fourth-order valence-corrected chi connectivity index (χ4v) is 1.97. The summed E-state index contributed by atoms with van der Waals surface area (Å²) in [6, 6.07) is 6.50. The Bertz CT molecular complexity index is 298. The van der Waals surface area contributed by atoms with Gasteiger partial charge in [-0.1, -0.05) is 57.2 Å². The van der Waals surface area contributed by atoms with Crippen LogP contribution >= 0.6 is 0 Å². The van der Waals surface area contributed by atoms with Crippen LogP contribution in [0.15, 0.2) is 24.3 Å². The van der Waals surface area contributed by atoms with E-state index in [9.17, 15) is 4.39 Å². The number of hydrogen-bond acceptors (Lipinski definition) is 1. The van der Waals surface area contributed by atoms with Gasteiger partial charge in [0.1, 0.15) is 5.82 Å². The molecular formula is C14H24FN. The summed E-state index contributed by atoms with van der Waals surface area (Å²) < 4.78 is 12.5. The Balaban J connectivity index is 0.000000292. The smallest absolute Gasteiger partial charge is 0.127 e. The van der Waals surface area contributed by atoms with Gasteiger partial charge in [0.15, 0.2) is 0 Å². The van der Waals surface area contributed by atoms with Crippen molar-refractivity contribution in [3.05, 3.63) is 35.6 Å². The highest BCUT2D eigenvalue weighted by Gasteiger charge is 2.05. The van der Waals surface area contributed by atoms with Crippen molar-refractivity contribution in [3.8, 4) is 0 Å². The summed E-state index contributed by atoms with van der Waals surface area (Å²) in [4.78, 5) is 0. The van der Waals surface area contributed by atoms with Gasteiger partial charge in [-0.15, -0.1) is 0 Å². The molecule has 92 valence electrons. The summed E-state index contributed by atoms with van der Waals surface area (Å²) in [6.45, 7) is 2.63. The molecule has 16 heavy (non-hydrogen) atoms. The zero-order valence-electron chi connectivity index (χ0n) is 10.1. The van der Waals surface area contributed by atoms with Crippen LogP contribution in [-0.4, -0.2) is 0 Å². The van der Waals surface area contributed by atoms with Gasteiger partial charge in [-0.3, -0.25) is 0 Å². The number of benzene rings is 1. The molecule has 1 aliphatic carbocycles. The fourth-order valence-electron chi connectivity index (χ4n) is 1.97. The van der Waals surface area contributed by atoms with Gasteiger partial charge in [0, 0.05) is 13.5 Å². The molecule has 2 rings (SSSR count). The minimum absolute atomic E-state index is 0. The topological polar surface area (TPSA) is 26.0 Å². The molecule has 0 aromatic heterocycles. The van der Waals surface area contributed by atoms with E-state index in [2.05, 4.69) is 6.92 Å². The maximum absolute atomic E-state index is 12.5. The van der Waals surface area contributed by atoms with Crippen LogP contribution in [-0.2, 0) is 6.54 Å². The highest BCUT2D eigenvalue weighted by atomic mass is 19.1.